The Kier molecular flexibility index (Phi) is 15.1. The number of aryl methyl sites for hydroxylation is 1. The van der Waals surface area contributed by atoms with E-state index < -0.39 is 67.4 Å². The van der Waals surface area contributed by atoms with Crippen molar-refractivity contribution in [3.8, 4) is 5.75 Å². The highest BCUT2D eigenvalue weighted by Gasteiger charge is 2.57. The van der Waals surface area contributed by atoms with Gasteiger partial charge in [0.2, 0.25) is 0 Å². The minimum absolute atomic E-state index is 0.000486. The number of amides is 1. The third-order valence-corrected chi connectivity index (χ3v) is 13.9. The number of nitrogens with one attached hydrogen (secondary N) is 3. The van der Waals surface area contributed by atoms with Gasteiger partial charge in [0.05, 0.1) is 88.2 Å². The quantitative estimate of drug-likeness (QED) is 0.0261. The van der Waals surface area contributed by atoms with Crippen molar-refractivity contribution in [1.82, 2.24) is 15.0 Å². The number of carbonyl (C=O) groups excluding carboxylic acids is 1. The highest BCUT2D eigenvalue weighted by molar-refractivity contribution is 14.1. The van der Waals surface area contributed by atoms with Crippen LogP contribution in [0.2, 0.25) is 5.02 Å². The van der Waals surface area contributed by atoms with E-state index in [1.165, 1.54) is 38.6 Å². The Labute approximate surface area is 363 Å². The summed E-state index contributed by atoms with van der Waals surface area (Å²) in [5.74, 6) is -4.99. The fraction of sp³-hybridized carbons (Fsp3) is 0.316. The van der Waals surface area contributed by atoms with Gasteiger partial charge in [0.1, 0.15) is 17.1 Å². The van der Waals surface area contributed by atoms with E-state index in [1.807, 2.05) is 22.6 Å². The molecule has 1 aliphatic carbocycles. The number of imidazole rings is 1. The molecule has 1 heterocycles. The molecule has 13 nitrogen and oxygen atoms in total. The van der Waals surface area contributed by atoms with Crippen molar-refractivity contribution in [2.45, 2.75) is 42.3 Å². The van der Waals surface area contributed by atoms with Crippen LogP contribution in [0.5, 0.6) is 5.75 Å². The molecule has 318 valence electrons. The van der Waals surface area contributed by atoms with Crippen LogP contribution in [0.1, 0.15) is 47.4 Å². The Hall–Kier alpha value is -3.77. The molecule has 21 heteroatoms. The van der Waals surface area contributed by atoms with Crippen molar-refractivity contribution >= 4 is 99.6 Å². The predicted molar refractivity (Wildman–Crippen MR) is 226 cm³/mol. The largest absolute Gasteiger partial charge is 0.496 e. The number of carbonyl (C=O) groups is 1. The molecule has 59 heavy (non-hydrogen) atoms. The van der Waals surface area contributed by atoms with Crippen LogP contribution in [0.3, 0.4) is 0 Å². The summed E-state index contributed by atoms with van der Waals surface area (Å²) in [4.78, 5) is 21.4. The van der Waals surface area contributed by atoms with E-state index in [1.54, 1.807) is 35.9 Å². The standard InChI is InChI=1S/C21H23F3INO5S.C17H15BrClFN4O3/c1-11(32(29,30)21(5-6-21)9-13(28)10-27)18-17(31-2)8-15(23)19(24)20(18)26-16-4-3-12(25)7-14(16)22;1-24-8-21-16-13(24)7-10(17(26)23-27-5-4-25)15(14(16)20)22-12-3-2-9(18)6-11(12)19/h3-4,7-8,11,13,26-28H,5-6,9-10H2,1-2H3;2-3,6-8,22,25H,4-5H2,1H3,(H,23,26)/t11?,13-;/m0./s1. The first kappa shape index (κ1) is 46.3. The van der Waals surface area contributed by atoms with Crippen LogP contribution >= 0.6 is 50.1 Å². The first-order valence-corrected chi connectivity index (χ1v) is 21.4. The van der Waals surface area contributed by atoms with Crippen LogP contribution in [0.4, 0.5) is 40.3 Å². The molecule has 0 saturated heterocycles. The number of benzene rings is 4. The summed E-state index contributed by atoms with van der Waals surface area (Å²) in [5.41, 5.74) is 2.16. The van der Waals surface area contributed by atoms with Gasteiger partial charge in [-0.2, -0.15) is 0 Å². The highest BCUT2D eigenvalue weighted by atomic mass is 127. The number of hydrogen-bond acceptors (Lipinski definition) is 11. The number of rotatable bonds is 15. The lowest BCUT2D eigenvalue weighted by Crippen LogP contribution is -2.33. The third kappa shape index (κ3) is 10.1. The fourth-order valence-corrected chi connectivity index (χ4v) is 9.84. The number of hydrogen-bond donors (Lipinski definition) is 6. The van der Waals surface area contributed by atoms with Crippen LogP contribution in [0.15, 0.2) is 59.3 Å². The summed E-state index contributed by atoms with van der Waals surface area (Å²) in [5, 5.41) is 32.1. The van der Waals surface area contributed by atoms with E-state index in [9.17, 15) is 31.5 Å². The molecule has 1 aromatic heterocycles. The number of halogens is 7. The number of ether oxygens (including phenoxy) is 1. The molecule has 1 saturated carbocycles. The normalized spacial score (nSPS) is 14.3. The summed E-state index contributed by atoms with van der Waals surface area (Å²) in [6, 6.07) is 11.3. The van der Waals surface area contributed by atoms with E-state index in [0.29, 0.717) is 19.8 Å². The number of sulfone groups is 1. The molecule has 0 bridgehead atoms. The zero-order valence-corrected chi connectivity index (χ0v) is 36.7. The Bertz CT molecular complexity index is 2480. The van der Waals surface area contributed by atoms with Gasteiger partial charge in [-0.15, -0.1) is 0 Å². The Balaban J connectivity index is 0.000000227. The molecule has 5 aromatic rings. The van der Waals surface area contributed by atoms with Gasteiger partial charge in [-0.25, -0.2) is 36.4 Å². The zero-order chi connectivity index (χ0) is 43.4. The third-order valence-electron chi connectivity index (χ3n) is 9.49. The van der Waals surface area contributed by atoms with Gasteiger partial charge in [0, 0.05) is 26.7 Å². The molecule has 2 atom stereocenters. The smallest absolute Gasteiger partial charge is 0.277 e. The topological polar surface area (TPSA) is 184 Å². The van der Waals surface area contributed by atoms with Gasteiger partial charge in [-0.05, 0) is 91.2 Å². The van der Waals surface area contributed by atoms with Crippen LogP contribution in [0.25, 0.3) is 11.0 Å². The van der Waals surface area contributed by atoms with Gasteiger partial charge in [-0.3, -0.25) is 9.63 Å². The van der Waals surface area contributed by atoms with Gasteiger partial charge in [-0.1, -0.05) is 27.5 Å². The van der Waals surface area contributed by atoms with Gasteiger partial charge in [0.15, 0.2) is 27.3 Å². The molecule has 0 radical (unpaired) electrons. The van der Waals surface area contributed by atoms with Crippen molar-refractivity contribution in [2.75, 3.05) is 37.6 Å². The minimum atomic E-state index is -4.05. The molecule has 1 amide bonds. The van der Waals surface area contributed by atoms with Crippen LogP contribution in [-0.4, -0.2) is 77.0 Å². The number of fused-ring (bicyclic) bond motifs is 1. The van der Waals surface area contributed by atoms with E-state index in [2.05, 4.69) is 37.0 Å². The molecule has 1 unspecified atom stereocenters. The van der Waals surface area contributed by atoms with Crippen LogP contribution < -0.4 is 20.9 Å². The average molecular weight is 1040 g/mol. The molecule has 0 aliphatic heterocycles. The zero-order valence-electron chi connectivity index (χ0n) is 31.4. The molecule has 6 N–H and O–H groups in total. The van der Waals surface area contributed by atoms with Crippen molar-refractivity contribution in [1.29, 1.82) is 0 Å². The van der Waals surface area contributed by atoms with E-state index in [0.717, 1.165) is 10.5 Å². The number of methoxy groups -OCH3 is 1. The number of aliphatic hydroxyl groups is 3. The number of anilines is 4. The average Bonchev–Trinajstić information content (AvgIpc) is 3.90. The lowest BCUT2D eigenvalue weighted by atomic mass is 10.1. The molecule has 1 aliphatic rings. The lowest BCUT2D eigenvalue weighted by Gasteiger charge is -2.27. The molecule has 1 fully saturated rings. The molecule has 0 spiro atoms. The van der Waals surface area contributed by atoms with Gasteiger partial charge < -0.3 is 35.3 Å². The Morgan fingerprint density at radius 2 is 1.71 bits per heavy atom. The monoisotopic (exact) mass is 1040 g/mol. The lowest BCUT2D eigenvalue weighted by molar-refractivity contribution is 0.0169. The molecular formula is C38H38BrClF4IN5O8S. The summed E-state index contributed by atoms with van der Waals surface area (Å²) >= 11 is 11.4. The second kappa shape index (κ2) is 19.3. The molecule has 4 aromatic carbocycles. The van der Waals surface area contributed by atoms with Crippen molar-refractivity contribution in [3.05, 3.63) is 102 Å². The summed E-state index contributed by atoms with van der Waals surface area (Å²) < 4.78 is 92.5. The molecule has 6 rings (SSSR count). The van der Waals surface area contributed by atoms with Crippen LogP contribution in [-0.2, 0) is 21.7 Å². The second-order valence-electron chi connectivity index (χ2n) is 13.4. The first-order chi connectivity index (χ1) is 27.9. The number of aliphatic hydroxyl groups excluding tert-OH is 3. The van der Waals surface area contributed by atoms with Crippen LogP contribution in [0, 0.1) is 26.8 Å². The number of hydroxylamine groups is 1. The fourth-order valence-electron chi connectivity index (χ4n) is 6.27. The number of nitrogens with zero attached hydrogens (tertiary/aromatic N) is 2. The Morgan fingerprint density at radius 3 is 2.32 bits per heavy atom. The summed E-state index contributed by atoms with van der Waals surface area (Å²) in [7, 11) is -1.18. The number of aromatic nitrogens is 2. The Morgan fingerprint density at radius 1 is 1.03 bits per heavy atom. The maximum atomic E-state index is 15.1. The summed E-state index contributed by atoms with van der Waals surface area (Å²) in [6.07, 6.45) is 0.559. The van der Waals surface area contributed by atoms with Crippen molar-refractivity contribution in [2.24, 2.45) is 7.05 Å². The summed E-state index contributed by atoms with van der Waals surface area (Å²) in [6.45, 7) is 0.350. The van der Waals surface area contributed by atoms with Crippen molar-refractivity contribution in [3.63, 3.8) is 0 Å². The first-order valence-electron chi connectivity index (χ1n) is 17.6. The van der Waals surface area contributed by atoms with E-state index in [-0.39, 0.29) is 66.2 Å². The second-order valence-corrected chi connectivity index (χ2v) is 18.6. The van der Waals surface area contributed by atoms with E-state index in [4.69, 9.17) is 31.4 Å². The maximum absolute atomic E-state index is 15.1. The molecular weight excluding hydrogens is 1000 g/mol. The van der Waals surface area contributed by atoms with Gasteiger partial charge in [0.25, 0.3) is 5.91 Å². The predicted octanol–water partition coefficient (Wildman–Crippen LogP) is 7.74. The minimum Gasteiger partial charge on any atom is -0.496 e. The maximum Gasteiger partial charge on any atom is 0.277 e. The highest BCUT2D eigenvalue weighted by Crippen LogP contribution is 2.54. The van der Waals surface area contributed by atoms with Gasteiger partial charge >= 0.3 is 0 Å². The SMILES string of the molecule is COc1cc(F)c(F)c(Nc2ccc(I)cc2F)c1C(C)S(=O)(=O)C1(C[C@H](O)CO)CC1.Cn1cnc2c(F)c(Nc3ccc(Br)cc3Cl)c(C(=O)NOCCO)cc21. The van der Waals surface area contributed by atoms with Crippen molar-refractivity contribution < 1.29 is 55.7 Å². The van der Waals surface area contributed by atoms with E-state index >= 15 is 4.39 Å².